The molecule has 0 radical (unpaired) electrons. The Kier molecular flexibility index (Phi) is 5.42. The van der Waals surface area contributed by atoms with E-state index in [2.05, 4.69) is 21.3 Å². The fourth-order valence-electron chi connectivity index (χ4n) is 3.03. The van der Waals surface area contributed by atoms with Crippen LogP contribution in [0.4, 0.5) is 10.5 Å². The monoisotopic (exact) mass is 343 g/mol. The minimum atomic E-state index is -0.00194. The van der Waals surface area contributed by atoms with Crippen LogP contribution in [-0.2, 0) is 6.54 Å². The van der Waals surface area contributed by atoms with Crippen LogP contribution in [0.2, 0.25) is 0 Å². The first-order valence-electron chi connectivity index (χ1n) is 8.56. The van der Waals surface area contributed by atoms with Gasteiger partial charge >= 0.3 is 6.03 Å². The van der Waals surface area contributed by atoms with E-state index >= 15 is 0 Å². The van der Waals surface area contributed by atoms with Gasteiger partial charge in [0.15, 0.2) is 0 Å². The summed E-state index contributed by atoms with van der Waals surface area (Å²) in [6.07, 6.45) is 5.40. The normalized spacial score (nSPS) is 15.8. The fraction of sp³-hybridized carbons (Fsp3) is 0.444. The molecular formula is C18H25N5O2. The van der Waals surface area contributed by atoms with Gasteiger partial charge in [-0.3, -0.25) is 0 Å². The van der Waals surface area contributed by atoms with Gasteiger partial charge in [-0.15, -0.1) is 0 Å². The smallest absolute Gasteiger partial charge is 0.317 e. The number of urea groups is 1. The van der Waals surface area contributed by atoms with Crippen molar-refractivity contribution in [3.8, 4) is 5.75 Å². The lowest BCUT2D eigenvalue weighted by Gasteiger charge is -2.36. The summed E-state index contributed by atoms with van der Waals surface area (Å²) >= 11 is 0. The molecule has 25 heavy (non-hydrogen) atoms. The van der Waals surface area contributed by atoms with Crippen molar-refractivity contribution >= 4 is 11.7 Å². The molecule has 2 heterocycles. The van der Waals surface area contributed by atoms with Crippen molar-refractivity contribution in [2.45, 2.75) is 19.5 Å². The second-order valence-electron chi connectivity index (χ2n) is 6.29. The predicted molar refractivity (Wildman–Crippen MR) is 97.0 cm³/mol. The molecule has 2 amide bonds. The largest absolute Gasteiger partial charge is 0.497 e. The highest BCUT2D eigenvalue weighted by Gasteiger charge is 2.22. The molecule has 1 aliphatic heterocycles. The van der Waals surface area contributed by atoms with E-state index in [0.29, 0.717) is 13.1 Å². The van der Waals surface area contributed by atoms with Crippen molar-refractivity contribution in [3.63, 3.8) is 0 Å². The Morgan fingerprint density at radius 3 is 2.80 bits per heavy atom. The van der Waals surface area contributed by atoms with E-state index in [0.717, 1.165) is 31.1 Å². The van der Waals surface area contributed by atoms with Gasteiger partial charge in [0.1, 0.15) is 5.75 Å². The summed E-state index contributed by atoms with van der Waals surface area (Å²) in [7, 11) is 1.67. The minimum absolute atomic E-state index is 0.00194. The third kappa shape index (κ3) is 4.43. The second-order valence-corrected chi connectivity index (χ2v) is 6.29. The lowest BCUT2D eigenvalue weighted by Crippen LogP contribution is -2.53. The summed E-state index contributed by atoms with van der Waals surface area (Å²) in [6.45, 7) is 5.77. The third-order valence-electron chi connectivity index (χ3n) is 4.40. The molecule has 1 aromatic carbocycles. The number of ether oxygens (including phenoxy) is 1. The van der Waals surface area contributed by atoms with E-state index in [1.54, 1.807) is 19.6 Å². The number of hydrogen-bond acceptors (Lipinski definition) is 4. The SMILES string of the molecule is COc1cccc(N2CCN(C(=O)N[C@@H](C)Cn3ccnc3)CC2)c1. The predicted octanol–water partition coefficient (Wildman–Crippen LogP) is 1.81. The highest BCUT2D eigenvalue weighted by Crippen LogP contribution is 2.22. The van der Waals surface area contributed by atoms with Crippen molar-refractivity contribution in [1.29, 1.82) is 0 Å². The van der Waals surface area contributed by atoms with Gasteiger partial charge in [-0.25, -0.2) is 9.78 Å². The molecule has 1 saturated heterocycles. The van der Waals surface area contributed by atoms with Crippen LogP contribution in [-0.4, -0.2) is 59.8 Å². The molecule has 0 spiro atoms. The van der Waals surface area contributed by atoms with Gasteiger partial charge in [-0.05, 0) is 19.1 Å². The molecule has 0 bridgehead atoms. The van der Waals surface area contributed by atoms with E-state index in [1.807, 2.05) is 40.8 Å². The van der Waals surface area contributed by atoms with Crippen LogP contribution in [0.15, 0.2) is 43.0 Å². The number of carbonyl (C=O) groups is 1. The summed E-state index contributed by atoms with van der Waals surface area (Å²) in [5.74, 6) is 0.853. The van der Waals surface area contributed by atoms with Gasteiger partial charge in [0.05, 0.1) is 13.4 Å². The molecule has 0 unspecified atom stereocenters. The zero-order valence-corrected chi connectivity index (χ0v) is 14.8. The number of benzene rings is 1. The molecule has 1 fully saturated rings. The highest BCUT2D eigenvalue weighted by molar-refractivity contribution is 5.74. The summed E-state index contributed by atoms with van der Waals surface area (Å²) in [5, 5.41) is 3.06. The van der Waals surface area contributed by atoms with E-state index in [-0.39, 0.29) is 12.1 Å². The zero-order chi connectivity index (χ0) is 17.6. The maximum atomic E-state index is 12.4. The van der Waals surface area contributed by atoms with Crippen LogP contribution in [0.3, 0.4) is 0 Å². The molecule has 1 N–H and O–H groups in total. The Hall–Kier alpha value is -2.70. The molecule has 0 aliphatic carbocycles. The van der Waals surface area contributed by atoms with Crippen molar-refractivity contribution in [2.75, 3.05) is 38.2 Å². The number of rotatable bonds is 5. The molecule has 1 atom stereocenters. The van der Waals surface area contributed by atoms with E-state index in [1.165, 1.54) is 0 Å². The molecular weight excluding hydrogens is 318 g/mol. The van der Waals surface area contributed by atoms with Crippen LogP contribution in [0, 0.1) is 0 Å². The van der Waals surface area contributed by atoms with Crippen molar-refractivity contribution in [3.05, 3.63) is 43.0 Å². The minimum Gasteiger partial charge on any atom is -0.497 e. The number of carbonyl (C=O) groups excluding carboxylic acids is 1. The first kappa shape index (κ1) is 17.1. The maximum absolute atomic E-state index is 12.4. The van der Waals surface area contributed by atoms with Crippen LogP contribution in [0.5, 0.6) is 5.75 Å². The molecule has 134 valence electrons. The average Bonchev–Trinajstić information content (AvgIpc) is 3.14. The van der Waals surface area contributed by atoms with Crippen LogP contribution < -0.4 is 15.0 Å². The Balaban J connectivity index is 1.48. The van der Waals surface area contributed by atoms with Crippen molar-refractivity contribution < 1.29 is 9.53 Å². The molecule has 1 aromatic heterocycles. The third-order valence-corrected chi connectivity index (χ3v) is 4.40. The number of hydrogen-bond donors (Lipinski definition) is 1. The van der Waals surface area contributed by atoms with Crippen LogP contribution in [0.1, 0.15) is 6.92 Å². The lowest BCUT2D eigenvalue weighted by molar-refractivity contribution is 0.190. The van der Waals surface area contributed by atoms with E-state index < -0.39 is 0 Å². The standard InChI is InChI=1S/C18H25N5O2/c1-15(13-21-7-6-19-14-21)20-18(24)23-10-8-22(9-11-23)16-4-3-5-17(12-16)25-2/h3-7,12,14-15H,8-11,13H2,1-2H3,(H,20,24)/t15-/m0/s1. The van der Waals surface area contributed by atoms with Gasteiger partial charge in [0.2, 0.25) is 0 Å². The quantitative estimate of drug-likeness (QED) is 0.899. The van der Waals surface area contributed by atoms with Gasteiger partial charge < -0.3 is 24.4 Å². The number of amides is 2. The summed E-state index contributed by atoms with van der Waals surface area (Å²) in [4.78, 5) is 20.6. The Morgan fingerprint density at radius 2 is 2.12 bits per heavy atom. The van der Waals surface area contributed by atoms with Gasteiger partial charge in [0.25, 0.3) is 0 Å². The maximum Gasteiger partial charge on any atom is 0.317 e. The van der Waals surface area contributed by atoms with Gasteiger partial charge in [-0.1, -0.05) is 6.07 Å². The highest BCUT2D eigenvalue weighted by atomic mass is 16.5. The molecule has 0 saturated carbocycles. The first-order chi connectivity index (χ1) is 12.2. The first-order valence-corrected chi connectivity index (χ1v) is 8.56. The van der Waals surface area contributed by atoms with Crippen molar-refractivity contribution in [1.82, 2.24) is 19.8 Å². The average molecular weight is 343 g/mol. The molecule has 1 aliphatic rings. The number of methoxy groups -OCH3 is 1. The second kappa shape index (κ2) is 7.92. The topological polar surface area (TPSA) is 62.6 Å². The van der Waals surface area contributed by atoms with Gasteiger partial charge in [0, 0.05) is 62.9 Å². The summed E-state index contributed by atoms with van der Waals surface area (Å²) in [5.41, 5.74) is 1.13. The molecule has 7 heteroatoms. The van der Waals surface area contributed by atoms with E-state index in [9.17, 15) is 4.79 Å². The molecule has 3 rings (SSSR count). The fourth-order valence-corrected chi connectivity index (χ4v) is 3.03. The lowest BCUT2D eigenvalue weighted by atomic mass is 10.2. The van der Waals surface area contributed by atoms with Crippen LogP contribution in [0.25, 0.3) is 0 Å². The zero-order valence-electron chi connectivity index (χ0n) is 14.8. The number of anilines is 1. The summed E-state index contributed by atoms with van der Waals surface area (Å²) < 4.78 is 7.25. The molecule has 7 nitrogen and oxygen atoms in total. The number of piperazine rings is 1. The number of nitrogens with zero attached hydrogens (tertiary/aromatic N) is 4. The number of imidazole rings is 1. The van der Waals surface area contributed by atoms with Crippen molar-refractivity contribution in [2.24, 2.45) is 0 Å². The van der Waals surface area contributed by atoms with Crippen LogP contribution >= 0.6 is 0 Å². The Morgan fingerprint density at radius 1 is 1.32 bits per heavy atom. The van der Waals surface area contributed by atoms with Gasteiger partial charge in [-0.2, -0.15) is 0 Å². The number of nitrogens with one attached hydrogen (secondary N) is 1. The Bertz CT molecular complexity index is 681. The number of aromatic nitrogens is 2. The summed E-state index contributed by atoms with van der Waals surface area (Å²) in [6, 6.07) is 8.09. The Labute approximate surface area is 148 Å². The van der Waals surface area contributed by atoms with E-state index in [4.69, 9.17) is 4.74 Å². The molecule has 2 aromatic rings.